The lowest BCUT2D eigenvalue weighted by Crippen LogP contribution is -2.29. The second-order valence-corrected chi connectivity index (χ2v) is 5.65. The van der Waals surface area contributed by atoms with E-state index in [9.17, 15) is 13.2 Å². The maximum atomic E-state index is 11.6. The molecule has 0 saturated carbocycles. The standard InChI is InChI=1S/C11H18N4O3S/c1-3-14-11(16)7-15-10-6-8(4-5-9(10)12)19(17,18)13-2/h4-6,13,15H,3,7,12H2,1-2H3,(H,14,16). The molecule has 0 radical (unpaired) electrons. The number of hydrogen-bond donors (Lipinski definition) is 4. The number of anilines is 2. The van der Waals surface area contributed by atoms with Crippen molar-refractivity contribution in [2.75, 3.05) is 31.2 Å². The van der Waals surface area contributed by atoms with Crippen LogP contribution in [0.4, 0.5) is 11.4 Å². The van der Waals surface area contributed by atoms with E-state index in [-0.39, 0.29) is 17.3 Å². The Bertz CT molecular complexity index is 557. The number of nitrogens with two attached hydrogens (primary N) is 1. The number of sulfonamides is 1. The predicted octanol–water partition coefficient (Wildman–Crippen LogP) is -0.275. The van der Waals surface area contributed by atoms with Crippen molar-refractivity contribution in [1.29, 1.82) is 0 Å². The predicted molar refractivity (Wildman–Crippen MR) is 74.3 cm³/mol. The number of carbonyl (C=O) groups excluding carboxylic acids is 1. The lowest BCUT2D eigenvalue weighted by atomic mass is 10.2. The maximum absolute atomic E-state index is 11.6. The Morgan fingerprint density at radius 2 is 2.05 bits per heavy atom. The summed E-state index contributed by atoms with van der Waals surface area (Å²) >= 11 is 0. The highest BCUT2D eigenvalue weighted by Gasteiger charge is 2.13. The zero-order valence-corrected chi connectivity index (χ0v) is 11.7. The Balaban J connectivity index is 2.90. The first-order valence-electron chi connectivity index (χ1n) is 5.74. The molecular formula is C11H18N4O3S. The number of likely N-dealkylation sites (N-methyl/N-ethyl adjacent to an activating group) is 1. The molecule has 19 heavy (non-hydrogen) atoms. The summed E-state index contributed by atoms with van der Waals surface area (Å²) in [6, 6.07) is 4.27. The van der Waals surface area contributed by atoms with Gasteiger partial charge >= 0.3 is 0 Å². The second kappa shape index (κ2) is 6.39. The van der Waals surface area contributed by atoms with E-state index in [0.29, 0.717) is 17.9 Å². The number of rotatable bonds is 6. The number of carbonyl (C=O) groups is 1. The monoisotopic (exact) mass is 286 g/mol. The van der Waals surface area contributed by atoms with E-state index >= 15 is 0 Å². The first kappa shape index (κ1) is 15.3. The minimum Gasteiger partial charge on any atom is -0.397 e. The van der Waals surface area contributed by atoms with Crippen LogP contribution < -0.4 is 21.1 Å². The molecule has 1 amide bonds. The Morgan fingerprint density at radius 3 is 2.63 bits per heavy atom. The Labute approximate surface area is 112 Å². The molecule has 0 bridgehead atoms. The summed E-state index contributed by atoms with van der Waals surface area (Å²) in [5.74, 6) is -0.191. The minimum atomic E-state index is -3.53. The van der Waals surface area contributed by atoms with Gasteiger partial charge < -0.3 is 16.4 Å². The summed E-state index contributed by atoms with van der Waals surface area (Å²) in [4.78, 5) is 11.4. The van der Waals surface area contributed by atoms with Crippen LogP contribution in [0.3, 0.4) is 0 Å². The van der Waals surface area contributed by atoms with E-state index in [1.54, 1.807) is 0 Å². The van der Waals surface area contributed by atoms with Crippen LogP contribution in [0.2, 0.25) is 0 Å². The van der Waals surface area contributed by atoms with Gasteiger partial charge in [0, 0.05) is 6.54 Å². The van der Waals surface area contributed by atoms with Crippen LogP contribution in [0.25, 0.3) is 0 Å². The van der Waals surface area contributed by atoms with Crippen LogP contribution in [0.15, 0.2) is 23.1 Å². The van der Waals surface area contributed by atoms with Gasteiger partial charge in [-0.2, -0.15) is 0 Å². The molecular weight excluding hydrogens is 268 g/mol. The number of benzene rings is 1. The summed E-state index contributed by atoms with van der Waals surface area (Å²) in [6.45, 7) is 2.37. The quantitative estimate of drug-likeness (QED) is 0.537. The molecule has 7 nitrogen and oxygen atoms in total. The Kier molecular flexibility index (Phi) is 5.13. The van der Waals surface area contributed by atoms with Crippen molar-refractivity contribution in [2.45, 2.75) is 11.8 Å². The zero-order chi connectivity index (χ0) is 14.5. The highest BCUT2D eigenvalue weighted by molar-refractivity contribution is 7.89. The van der Waals surface area contributed by atoms with Gasteiger partial charge in [0.25, 0.3) is 0 Å². The SMILES string of the molecule is CCNC(=O)CNc1cc(S(=O)(=O)NC)ccc1N. The van der Waals surface area contributed by atoms with Crippen molar-refractivity contribution in [1.82, 2.24) is 10.0 Å². The fraction of sp³-hybridized carbons (Fsp3) is 0.364. The lowest BCUT2D eigenvalue weighted by Gasteiger charge is -2.11. The highest BCUT2D eigenvalue weighted by Crippen LogP contribution is 2.22. The third kappa shape index (κ3) is 4.11. The van der Waals surface area contributed by atoms with Gasteiger partial charge in [0.2, 0.25) is 15.9 Å². The number of nitrogen functional groups attached to an aromatic ring is 1. The van der Waals surface area contributed by atoms with Crippen molar-refractivity contribution in [3.8, 4) is 0 Å². The van der Waals surface area contributed by atoms with Crippen LogP contribution in [-0.4, -0.2) is 34.5 Å². The first-order chi connectivity index (χ1) is 8.90. The molecule has 0 unspecified atom stereocenters. The molecule has 1 aromatic rings. The van der Waals surface area contributed by atoms with E-state index in [0.717, 1.165) is 0 Å². The van der Waals surface area contributed by atoms with Crippen LogP contribution in [0.1, 0.15) is 6.92 Å². The average Bonchev–Trinajstić information content (AvgIpc) is 2.38. The normalized spacial score (nSPS) is 11.1. The summed E-state index contributed by atoms with van der Waals surface area (Å²) < 4.78 is 25.5. The van der Waals surface area contributed by atoms with Gasteiger partial charge in [-0.1, -0.05) is 0 Å². The molecule has 106 valence electrons. The maximum Gasteiger partial charge on any atom is 0.240 e. The van der Waals surface area contributed by atoms with Crippen LogP contribution in [0, 0.1) is 0 Å². The molecule has 0 fully saturated rings. The van der Waals surface area contributed by atoms with Crippen LogP contribution in [0.5, 0.6) is 0 Å². The third-order valence-electron chi connectivity index (χ3n) is 2.42. The molecule has 0 aromatic heterocycles. The van der Waals surface area contributed by atoms with E-state index in [2.05, 4.69) is 15.4 Å². The summed E-state index contributed by atoms with van der Waals surface area (Å²) in [7, 11) is -2.21. The Hall–Kier alpha value is -1.80. The summed E-state index contributed by atoms with van der Waals surface area (Å²) in [6.07, 6.45) is 0. The fourth-order valence-corrected chi connectivity index (χ4v) is 2.16. The van der Waals surface area contributed by atoms with Crippen molar-refractivity contribution in [3.05, 3.63) is 18.2 Å². The topological polar surface area (TPSA) is 113 Å². The highest BCUT2D eigenvalue weighted by atomic mass is 32.2. The van der Waals surface area contributed by atoms with Crippen molar-refractivity contribution in [3.63, 3.8) is 0 Å². The molecule has 0 heterocycles. The van der Waals surface area contributed by atoms with E-state index < -0.39 is 10.0 Å². The van der Waals surface area contributed by atoms with Gasteiger partial charge in [-0.25, -0.2) is 13.1 Å². The smallest absolute Gasteiger partial charge is 0.240 e. The molecule has 0 spiro atoms. The van der Waals surface area contributed by atoms with Crippen LogP contribution in [-0.2, 0) is 14.8 Å². The van der Waals surface area contributed by atoms with Crippen molar-refractivity contribution in [2.24, 2.45) is 0 Å². The zero-order valence-electron chi connectivity index (χ0n) is 10.9. The summed E-state index contributed by atoms with van der Waals surface area (Å²) in [5.41, 5.74) is 6.50. The molecule has 0 atom stereocenters. The van der Waals surface area contributed by atoms with Gasteiger partial charge in [0.1, 0.15) is 0 Å². The largest absolute Gasteiger partial charge is 0.397 e. The van der Waals surface area contributed by atoms with Gasteiger partial charge in [-0.15, -0.1) is 0 Å². The molecule has 1 rings (SSSR count). The molecule has 0 aliphatic carbocycles. The number of nitrogens with one attached hydrogen (secondary N) is 3. The molecule has 8 heteroatoms. The van der Waals surface area contributed by atoms with E-state index in [4.69, 9.17) is 5.73 Å². The first-order valence-corrected chi connectivity index (χ1v) is 7.22. The number of hydrogen-bond acceptors (Lipinski definition) is 5. The van der Waals surface area contributed by atoms with Gasteiger partial charge in [-0.3, -0.25) is 4.79 Å². The molecule has 0 aliphatic rings. The molecule has 0 saturated heterocycles. The van der Waals surface area contributed by atoms with Gasteiger partial charge in [-0.05, 0) is 32.2 Å². The molecule has 1 aromatic carbocycles. The van der Waals surface area contributed by atoms with E-state index in [1.807, 2.05) is 6.92 Å². The lowest BCUT2D eigenvalue weighted by molar-refractivity contribution is -0.119. The fourth-order valence-electron chi connectivity index (χ4n) is 1.41. The molecule has 5 N–H and O–H groups in total. The van der Waals surface area contributed by atoms with E-state index in [1.165, 1.54) is 25.2 Å². The van der Waals surface area contributed by atoms with Crippen molar-refractivity contribution >= 4 is 27.3 Å². The molecule has 0 aliphatic heterocycles. The van der Waals surface area contributed by atoms with Crippen molar-refractivity contribution < 1.29 is 13.2 Å². The van der Waals surface area contributed by atoms with Gasteiger partial charge in [0.15, 0.2) is 0 Å². The van der Waals surface area contributed by atoms with Gasteiger partial charge in [0.05, 0.1) is 22.8 Å². The minimum absolute atomic E-state index is 0.0289. The Morgan fingerprint density at radius 1 is 1.37 bits per heavy atom. The third-order valence-corrected chi connectivity index (χ3v) is 3.83. The number of amides is 1. The van der Waals surface area contributed by atoms with Crippen LogP contribution >= 0.6 is 0 Å². The second-order valence-electron chi connectivity index (χ2n) is 3.76. The summed E-state index contributed by atoms with van der Waals surface area (Å²) in [5, 5.41) is 5.42. The average molecular weight is 286 g/mol.